The molecule has 0 fully saturated rings. The van der Waals surface area contributed by atoms with Gasteiger partial charge in [0.1, 0.15) is 0 Å². The van der Waals surface area contributed by atoms with E-state index >= 15 is 0 Å². The van der Waals surface area contributed by atoms with E-state index in [0.717, 1.165) is 11.6 Å². The molecule has 1 unspecified atom stereocenters. The number of aromatic nitrogens is 1. The molecule has 0 spiro atoms. The maximum Gasteiger partial charge on any atom is 0.338 e. The number of aromatic carboxylic acids is 1. The van der Waals surface area contributed by atoms with Gasteiger partial charge in [-0.25, -0.2) is 4.79 Å². The molecule has 0 aliphatic rings. The van der Waals surface area contributed by atoms with Crippen molar-refractivity contribution in [2.75, 3.05) is 5.32 Å². The van der Waals surface area contributed by atoms with Gasteiger partial charge in [0, 0.05) is 30.2 Å². The standard InChI is InChI=1S/C14H13N3O4/c1-9(10-3-2-6-15-8-10)16-13-5-4-11(17(20)21)7-12(13)14(18)19/h2-9,16H,1H3,(H,18,19). The molecule has 1 atom stereocenters. The number of nitro groups is 1. The van der Waals surface area contributed by atoms with Crippen LogP contribution in [0.1, 0.15) is 28.9 Å². The van der Waals surface area contributed by atoms with Gasteiger partial charge in [-0.15, -0.1) is 0 Å². The van der Waals surface area contributed by atoms with Crippen molar-refractivity contribution >= 4 is 17.3 Å². The predicted molar refractivity (Wildman–Crippen MR) is 76.3 cm³/mol. The van der Waals surface area contributed by atoms with Crippen molar-refractivity contribution in [3.8, 4) is 0 Å². The Balaban J connectivity index is 2.31. The van der Waals surface area contributed by atoms with Crippen molar-refractivity contribution in [1.82, 2.24) is 4.98 Å². The summed E-state index contributed by atoms with van der Waals surface area (Å²) in [6.07, 6.45) is 3.31. The minimum absolute atomic E-state index is 0.139. The zero-order chi connectivity index (χ0) is 15.4. The van der Waals surface area contributed by atoms with Gasteiger partial charge in [-0.2, -0.15) is 0 Å². The van der Waals surface area contributed by atoms with Crippen molar-refractivity contribution in [2.24, 2.45) is 0 Å². The van der Waals surface area contributed by atoms with Crippen LogP contribution in [0.3, 0.4) is 0 Å². The van der Waals surface area contributed by atoms with Gasteiger partial charge in [-0.3, -0.25) is 15.1 Å². The van der Waals surface area contributed by atoms with Gasteiger partial charge < -0.3 is 10.4 Å². The Kier molecular flexibility index (Phi) is 4.13. The number of hydrogen-bond donors (Lipinski definition) is 2. The van der Waals surface area contributed by atoms with Crippen LogP contribution in [0.5, 0.6) is 0 Å². The Bertz CT molecular complexity index is 673. The monoisotopic (exact) mass is 287 g/mol. The summed E-state index contributed by atoms with van der Waals surface area (Å²) in [5.41, 5.74) is 0.809. The molecule has 1 aromatic heterocycles. The lowest BCUT2D eigenvalue weighted by Gasteiger charge is -2.16. The molecular formula is C14H13N3O4. The Labute approximate surface area is 120 Å². The average molecular weight is 287 g/mol. The van der Waals surface area contributed by atoms with Crippen LogP contribution in [0.15, 0.2) is 42.7 Å². The summed E-state index contributed by atoms with van der Waals surface area (Å²) in [7, 11) is 0. The molecule has 7 nitrogen and oxygen atoms in total. The van der Waals surface area contributed by atoms with E-state index < -0.39 is 10.9 Å². The van der Waals surface area contributed by atoms with E-state index in [2.05, 4.69) is 10.3 Å². The minimum Gasteiger partial charge on any atom is -0.478 e. The SMILES string of the molecule is CC(Nc1ccc([N+](=O)[O-])cc1C(=O)O)c1cccnc1. The second-order valence-electron chi connectivity index (χ2n) is 4.44. The molecule has 0 aliphatic heterocycles. The molecule has 0 amide bonds. The summed E-state index contributed by atoms with van der Waals surface area (Å²) in [6, 6.07) is 7.16. The van der Waals surface area contributed by atoms with Crippen LogP contribution in [0, 0.1) is 10.1 Å². The maximum atomic E-state index is 11.2. The number of anilines is 1. The van der Waals surface area contributed by atoms with Crippen LogP contribution in [-0.2, 0) is 0 Å². The van der Waals surface area contributed by atoms with Gasteiger partial charge in [-0.05, 0) is 24.6 Å². The molecule has 1 heterocycles. The topological polar surface area (TPSA) is 105 Å². The van der Waals surface area contributed by atoms with Gasteiger partial charge in [0.15, 0.2) is 0 Å². The summed E-state index contributed by atoms with van der Waals surface area (Å²) < 4.78 is 0. The number of rotatable bonds is 5. The van der Waals surface area contributed by atoms with E-state index in [4.69, 9.17) is 0 Å². The van der Waals surface area contributed by atoms with Gasteiger partial charge >= 0.3 is 5.97 Å². The second-order valence-corrected chi connectivity index (χ2v) is 4.44. The molecule has 1 aromatic carbocycles. The number of nitro benzene ring substituents is 1. The summed E-state index contributed by atoms with van der Waals surface area (Å²) in [5.74, 6) is -1.22. The van der Waals surface area contributed by atoms with Crippen molar-refractivity contribution < 1.29 is 14.8 Å². The summed E-state index contributed by atoms with van der Waals surface area (Å²) in [4.78, 5) is 25.3. The number of non-ortho nitro benzene ring substituents is 1. The van der Waals surface area contributed by atoms with Crippen LogP contribution >= 0.6 is 0 Å². The third-order valence-corrected chi connectivity index (χ3v) is 3.00. The fraction of sp³-hybridized carbons (Fsp3) is 0.143. The first-order chi connectivity index (χ1) is 9.99. The number of hydrogen-bond acceptors (Lipinski definition) is 5. The van der Waals surface area contributed by atoms with E-state index in [1.807, 2.05) is 13.0 Å². The zero-order valence-corrected chi connectivity index (χ0v) is 11.2. The number of carbonyl (C=O) groups is 1. The highest BCUT2D eigenvalue weighted by Gasteiger charge is 2.17. The highest BCUT2D eigenvalue weighted by Crippen LogP contribution is 2.26. The van der Waals surface area contributed by atoms with Crippen LogP contribution in [0.2, 0.25) is 0 Å². The van der Waals surface area contributed by atoms with Crippen molar-refractivity contribution in [3.63, 3.8) is 0 Å². The van der Waals surface area contributed by atoms with Crippen LogP contribution in [0.25, 0.3) is 0 Å². The van der Waals surface area contributed by atoms with E-state index in [9.17, 15) is 20.0 Å². The number of benzene rings is 1. The number of nitrogens with zero attached hydrogens (tertiary/aromatic N) is 2. The Morgan fingerprint density at radius 3 is 2.76 bits per heavy atom. The first-order valence-electron chi connectivity index (χ1n) is 6.17. The van der Waals surface area contributed by atoms with Crippen molar-refractivity contribution in [3.05, 3.63) is 64.0 Å². The third kappa shape index (κ3) is 3.33. The normalized spacial score (nSPS) is 11.7. The van der Waals surface area contributed by atoms with Gasteiger partial charge in [-0.1, -0.05) is 6.07 Å². The van der Waals surface area contributed by atoms with E-state index in [-0.39, 0.29) is 17.3 Å². The second kappa shape index (κ2) is 6.00. The summed E-state index contributed by atoms with van der Waals surface area (Å²) in [6.45, 7) is 1.85. The minimum atomic E-state index is -1.22. The van der Waals surface area contributed by atoms with E-state index in [1.54, 1.807) is 18.5 Å². The van der Waals surface area contributed by atoms with Gasteiger partial charge in [0.05, 0.1) is 16.5 Å². The quantitative estimate of drug-likeness (QED) is 0.647. The largest absolute Gasteiger partial charge is 0.478 e. The molecular weight excluding hydrogens is 274 g/mol. The highest BCUT2D eigenvalue weighted by molar-refractivity contribution is 5.95. The molecule has 2 N–H and O–H groups in total. The number of carboxylic acids is 1. The fourth-order valence-electron chi connectivity index (χ4n) is 1.90. The molecule has 7 heteroatoms. The van der Waals surface area contributed by atoms with Crippen LogP contribution in [-0.4, -0.2) is 21.0 Å². The lowest BCUT2D eigenvalue weighted by Crippen LogP contribution is -2.11. The summed E-state index contributed by atoms with van der Waals surface area (Å²) in [5, 5.41) is 22.9. The fourth-order valence-corrected chi connectivity index (χ4v) is 1.90. The number of carboxylic acid groups (broad SMARTS) is 1. The molecule has 0 radical (unpaired) electrons. The first kappa shape index (κ1) is 14.4. The summed E-state index contributed by atoms with van der Waals surface area (Å²) >= 11 is 0. The van der Waals surface area contributed by atoms with Crippen molar-refractivity contribution in [1.29, 1.82) is 0 Å². The van der Waals surface area contributed by atoms with Gasteiger partial charge in [0.25, 0.3) is 5.69 Å². The maximum absolute atomic E-state index is 11.2. The smallest absolute Gasteiger partial charge is 0.338 e. The molecule has 21 heavy (non-hydrogen) atoms. The predicted octanol–water partition coefficient (Wildman–Crippen LogP) is 2.86. The van der Waals surface area contributed by atoms with Crippen LogP contribution < -0.4 is 5.32 Å². The molecule has 0 bridgehead atoms. The van der Waals surface area contributed by atoms with E-state index in [0.29, 0.717) is 5.69 Å². The lowest BCUT2D eigenvalue weighted by atomic mass is 10.1. The number of nitrogens with one attached hydrogen (secondary N) is 1. The van der Waals surface area contributed by atoms with Gasteiger partial charge in [0.2, 0.25) is 0 Å². The molecule has 2 aromatic rings. The van der Waals surface area contributed by atoms with Crippen molar-refractivity contribution in [2.45, 2.75) is 13.0 Å². The number of pyridine rings is 1. The first-order valence-corrected chi connectivity index (χ1v) is 6.17. The average Bonchev–Trinajstić information content (AvgIpc) is 2.48. The lowest BCUT2D eigenvalue weighted by molar-refractivity contribution is -0.384. The molecule has 2 rings (SSSR count). The zero-order valence-electron chi connectivity index (χ0n) is 11.2. The Morgan fingerprint density at radius 1 is 1.43 bits per heavy atom. The molecule has 0 saturated carbocycles. The third-order valence-electron chi connectivity index (χ3n) is 3.00. The molecule has 0 aliphatic carbocycles. The van der Waals surface area contributed by atoms with Crippen LogP contribution in [0.4, 0.5) is 11.4 Å². The Hall–Kier alpha value is -2.96. The highest BCUT2D eigenvalue weighted by atomic mass is 16.6. The molecule has 0 saturated heterocycles. The molecule has 108 valence electrons. The van der Waals surface area contributed by atoms with E-state index in [1.165, 1.54) is 12.1 Å². The Morgan fingerprint density at radius 2 is 2.19 bits per heavy atom.